The van der Waals surface area contributed by atoms with Crippen molar-refractivity contribution in [3.8, 4) is 0 Å². The molecule has 0 aliphatic heterocycles. The molecule has 9 heteroatoms. The first-order valence-corrected chi connectivity index (χ1v) is 10.9. The number of aromatic nitrogens is 3. The summed E-state index contributed by atoms with van der Waals surface area (Å²) in [5.41, 5.74) is 0.946. The summed E-state index contributed by atoms with van der Waals surface area (Å²) < 4.78 is 4.95. The van der Waals surface area contributed by atoms with Crippen molar-refractivity contribution in [2.75, 3.05) is 5.32 Å². The van der Waals surface area contributed by atoms with E-state index < -0.39 is 5.25 Å². The normalized spacial score (nSPS) is 13.6. The zero-order chi connectivity index (χ0) is 20.4. The molecule has 0 spiro atoms. The second kappa shape index (κ2) is 8.48. The van der Waals surface area contributed by atoms with Crippen LogP contribution in [0.3, 0.4) is 0 Å². The predicted molar refractivity (Wildman–Crippen MR) is 113 cm³/mol. The number of rotatable bonds is 7. The number of aryl methyl sites for hydroxylation is 2. The van der Waals surface area contributed by atoms with Crippen LogP contribution in [0.15, 0.2) is 20.5 Å². The molecule has 2 N–H and O–H groups in total. The molecule has 7 nitrogen and oxygen atoms in total. The summed E-state index contributed by atoms with van der Waals surface area (Å²) in [5.74, 6) is 1.26. The number of aromatic amines is 1. The molecule has 150 valence electrons. The molecule has 0 unspecified atom stereocenters. The Kier molecular flexibility index (Phi) is 6.24. The Morgan fingerprint density at radius 1 is 1.39 bits per heavy atom. The molecule has 0 aromatic carbocycles. The second-order valence-electron chi connectivity index (χ2n) is 6.98. The maximum atomic E-state index is 12.7. The Hall–Kier alpha value is -2.13. The lowest BCUT2D eigenvalue weighted by atomic mass is 9.98. The van der Waals surface area contributed by atoms with Gasteiger partial charge in [-0.1, -0.05) is 37.2 Å². The highest BCUT2D eigenvalue weighted by molar-refractivity contribution is 8.00. The summed E-state index contributed by atoms with van der Waals surface area (Å²) in [6, 6.07) is 1.65. The highest BCUT2D eigenvalue weighted by Gasteiger charge is 2.20. The van der Waals surface area contributed by atoms with Crippen LogP contribution in [0, 0.1) is 19.8 Å². The highest BCUT2D eigenvalue weighted by atomic mass is 32.2. The first-order chi connectivity index (χ1) is 13.3. The summed E-state index contributed by atoms with van der Waals surface area (Å²) in [7, 11) is 0. The van der Waals surface area contributed by atoms with Crippen LogP contribution in [-0.2, 0) is 11.2 Å². The van der Waals surface area contributed by atoms with Crippen LogP contribution in [0.25, 0.3) is 10.2 Å². The lowest BCUT2D eigenvalue weighted by Gasteiger charge is -2.10. The number of nitrogens with one attached hydrogen (secondary N) is 2. The average Bonchev–Trinajstić information content (AvgIpc) is 3.17. The van der Waals surface area contributed by atoms with E-state index in [1.807, 2.05) is 6.92 Å². The summed E-state index contributed by atoms with van der Waals surface area (Å²) >= 11 is 2.74. The van der Waals surface area contributed by atoms with Crippen LogP contribution in [-0.4, -0.2) is 26.3 Å². The molecule has 0 aliphatic rings. The van der Waals surface area contributed by atoms with Gasteiger partial charge in [0.15, 0.2) is 11.0 Å². The van der Waals surface area contributed by atoms with E-state index in [0.717, 1.165) is 28.1 Å². The minimum absolute atomic E-state index is 0.144. The molecule has 0 fully saturated rings. The zero-order valence-electron chi connectivity index (χ0n) is 16.6. The van der Waals surface area contributed by atoms with Gasteiger partial charge in [-0.2, -0.15) is 0 Å². The number of H-pyrrole nitrogens is 1. The number of anilines is 1. The molecule has 0 saturated heterocycles. The maximum absolute atomic E-state index is 12.7. The number of fused-ring (bicyclic) bond motifs is 1. The minimum atomic E-state index is -0.460. The number of hydrogen-bond acceptors (Lipinski definition) is 7. The third-order valence-electron chi connectivity index (χ3n) is 4.63. The highest BCUT2D eigenvalue weighted by Crippen LogP contribution is 2.31. The van der Waals surface area contributed by atoms with Gasteiger partial charge in [0.05, 0.1) is 10.6 Å². The summed E-state index contributed by atoms with van der Waals surface area (Å²) in [5, 5.41) is 7.11. The largest absolute Gasteiger partial charge is 0.360 e. The number of carbonyl (C=O) groups is 1. The summed E-state index contributed by atoms with van der Waals surface area (Å²) in [6.07, 6.45) is 1.93. The van der Waals surface area contributed by atoms with Gasteiger partial charge in [0.25, 0.3) is 5.56 Å². The van der Waals surface area contributed by atoms with Crippen molar-refractivity contribution in [3.63, 3.8) is 0 Å². The molecule has 0 radical (unpaired) electrons. The topological polar surface area (TPSA) is 101 Å². The Morgan fingerprint density at radius 2 is 2.14 bits per heavy atom. The first-order valence-electron chi connectivity index (χ1n) is 9.21. The van der Waals surface area contributed by atoms with Crippen LogP contribution in [0.4, 0.5) is 5.82 Å². The molecule has 2 atom stereocenters. The standard InChI is InChI=1S/C19H24N4O3S2/c1-6-9(2)7-13-11(4)27-18-15(13)17(25)21-19(22-18)28-12(5)16(24)20-14-8-10(3)26-23-14/h8-9,12H,6-7H2,1-5H3,(H,20,23,24)(H,21,22,25)/t9-,12-/m0/s1. The number of thioether (sulfide) groups is 1. The average molecular weight is 421 g/mol. The van der Waals surface area contributed by atoms with Crippen molar-refractivity contribution in [3.05, 3.63) is 32.6 Å². The molecule has 1 amide bonds. The number of carbonyl (C=O) groups excluding carboxylic acids is 1. The van der Waals surface area contributed by atoms with Gasteiger partial charge in [-0.15, -0.1) is 11.3 Å². The third kappa shape index (κ3) is 4.47. The molecule has 3 aromatic heterocycles. The Labute approximate surface area is 171 Å². The molecule has 0 aliphatic carbocycles. The van der Waals surface area contributed by atoms with Crippen LogP contribution in [0.2, 0.25) is 0 Å². The molecule has 0 saturated carbocycles. The van der Waals surface area contributed by atoms with E-state index in [2.05, 4.69) is 34.3 Å². The van der Waals surface area contributed by atoms with Gasteiger partial charge in [0.2, 0.25) is 5.91 Å². The number of amides is 1. The monoisotopic (exact) mass is 420 g/mol. The molecule has 3 aromatic rings. The lowest BCUT2D eigenvalue weighted by molar-refractivity contribution is -0.115. The fourth-order valence-corrected chi connectivity index (χ4v) is 4.73. The van der Waals surface area contributed by atoms with E-state index in [4.69, 9.17) is 4.52 Å². The summed E-state index contributed by atoms with van der Waals surface area (Å²) in [6.45, 7) is 9.88. The van der Waals surface area contributed by atoms with Gasteiger partial charge in [0, 0.05) is 10.9 Å². The predicted octanol–water partition coefficient (Wildman–Crippen LogP) is 4.30. The third-order valence-corrected chi connectivity index (χ3v) is 6.65. The van der Waals surface area contributed by atoms with Gasteiger partial charge in [-0.05, 0) is 38.7 Å². The quantitative estimate of drug-likeness (QED) is 0.437. The van der Waals surface area contributed by atoms with E-state index in [1.165, 1.54) is 23.1 Å². The summed E-state index contributed by atoms with van der Waals surface area (Å²) in [4.78, 5) is 34.4. The Morgan fingerprint density at radius 3 is 2.79 bits per heavy atom. The van der Waals surface area contributed by atoms with Crippen molar-refractivity contribution in [2.24, 2.45) is 5.92 Å². The van der Waals surface area contributed by atoms with E-state index in [0.29, 0.717) is 28.0 Å². The zero-order valence-corrected chi connectivity index (χ0v) is 18.2. The molecule has 3 rings (SSSR count). The van der Waals surface area contributed by atoms with Gasteiger partial charge < -0.3 is 14.8 Å². The number of hydrogen-bond donors (Lipinski definition) is 2. The second-order valence-corrected chi connectivity index (χ2v) is 9.51. The van der Waals surface area contributed by atoms with Crippen LogP contribution >= 0.6 is 23.1 Å². The number of thiophene rings is 1. The van der Waals surface area contributed by atoms with Crippen molar-refractivity contribution >= 4 is 45.0 Å². The SMILES string of the molecule is CC[C@H](C)Cc1c(C)sc2nc(S[C@@H](C)C(=O)Nc3cc(C)on3)[nH]c(=O)c12. The molecule has 0 bridgehead atoms. The van der Waals surface area contributed by atoms with Crippen LogP contribution < -0.4 is 10.9 Å². The smallest absolute Gasteiger partial charge is 0.260 e. The molecule has 28 heavy (non-hydrogen) atoms. The van der Waals surface area contributed by atoms with Gasteiger partial charge in [-0.25, -0.2) is 4.98 Å². The molecular formula is C19H24N4O3S2. The van der Waals surface area contributed by atoms with E-state index in [9.17, 15) is 9.59 Å². The fraction of sp³-hybridized carbons (Fsp3) is 0.474. The first kappa shape index (κ1) is 20.6. The van der Waals surface area contributed by atoms with Gasteiger partial charge in [-0.3, -0.25) is 9.59 Å². The fourth-order valence-electron chi connectivity index (χ4n) is 2.82. The van der Waals surface area contributed by atoms with Gasteiger partial charge >= 0.3 is 0 Å². The van der Waals surface area contributed by atoms with E-state index in [1.54, 1.807) is 19.9 Å². The van der Waals surface area contributed by atoms with Crippen molar-refractivity contribution in [1.29, 1.82) is 0 Å². The lowest BCUT2D eigenvalue weighted by Crippen LogP contribution is -2.23. The minimum Gasteiger partial charge on any atom is -0.360 e. The Balaban J connectivity index is 1.80. The molecule has 3 heterocycles. The van der Waals surface area contributed by atoms with Gasteiger partial charge in [0.1, 0.15) is 10.6 Å². The number of nitrogens with zero attached hydrogens (tertiary/aromatic N) is 2. The van der Waals surface area contributed by atoms with Crippen molar-refractivity contribution in [2.45, 2.75) is 57.9 Å². The van der Waals surface area contributed by atoms with E-state index >= 15 is 0 Å². The molecular weight excluding hydrogens is 396 g/mol. The Bertz CT molecular complexity index is 1050. The van der Waals surface area contributed by atoms with E-state index in [-0.39, 0.29) is 11.5 Å². The van der Waals surface area contributed by atoms with Crippen LogP contribution in [0.1, 0.15) is 43.4 Å². The van der Waals surface area contributed by atoms with Crippen LogP contribution in [0.5, 0.6) is 0 Å². The van der Waals surface area contributed by atoms with Crippen molar-refractivity contribution in [1.82, 2.24) is 15.1 Å². The maximum Gasteiger partial charge on any atom is 0.260 e. The van der Waals surface area contributed by atoms with Crippen molar-refractivity contribution < 1.29 is 9.32 Å².